The maximum atomic E-state index is 12.4. The van der Waals surface area contributed by atoms with E-state index in [1.165, 1.54) is 0 Å². The maximum Gasteiger partial charge on any atom is 0.305 e. The van der Waals surface area contributed by atoms with Gasteiger partial charge in [-0.25, -0.2) is 0 Å². The quantitative estimate of drug-likeness (QED) is 0.266. The van der Waals surface area contributed by atoms with Crippen molar-refractivity contribution >= 4 is 46.7 Å². The average Bonchev–Trinajstić information content (AvgIpc) is 2.84. The molecule has 0 bridgehead atoms. The molecule has 0 radical (unpaired) electrons. The van der Waals surface area contributed by atoms with Crippen LogP contribution >= 0.6 is 34.8 Å². The Morgan fingerprint density at radius 1 is 0.914 bits per heavy atom. The van der Waals surface area contributed by atoms with E-state index in [0.29, 0.717) is 26.4 Å². The van der Waals surface area contributed by atoms with E-state index < -0.39 is 12.1 Å². The van der Waals surface area contributed by atoms with Gasteiger partial charge in [-0.2, -0.15) is 0 Å². The summed E-state index contributed by atoms with van der Waals surface area (Å²) < 4.78 is 6.48. The molecule has 184 valence electrons. The molecule has 2 N–H and O–H groups in total. The molecule has 8 heteroatoms. The third-order valence-electron chi connectivity index (χ3n) is 5.54. The highest BCUT2D eigenvalue weighted by Crippen LogP contribution is 2.41. The van der Waals surface area contributed by atoms with Crippen molar-refractivity contribution in [2.45, 2.75) is 38.2 Å². The standard InChI is InChI=1S/C27H26Cl3NO4/c1-2-3-22(17-4-6-19(7-5-17)27(34)31-15-14-25(32)33)26(18-8-10-20(28)11-9-18)35-24-16-21(29)12-13-23(24)30/h4-13,16,22,26H,2-3,14-15H2,1H3,(H,31,34)(H,32,33)/t22-,26+/m1/s1. The molecule has 0 saturated heterocycles. The number of carbonyl (C=O) groups is 2. The molecule has 0 aliphatic heterocycles. The second kappa shape index (κ2) is 12.8. The molecule has 0 saturated carbocycles. The predicted octanol–water partition coefficient (Wildman–Crippen LogP) is 7.56. The summed E-state index contributed by atoms with van der Waals surface area (Å²) in [5.74, 6) is -0.854. The van der Waals surface area contributed by atoms with E-state index in [-0.39, 0.29) is 24.8 Å². The lowest BCUT2D eigenvalue weighted by Crippen LogP contribution is -2.26. The van der Waals surface area contributed by atoms with Crippen LogP contribution in [0.25, 0.3) is 0 Å². The van der Waals surface area contributed by atoms with Crippen LogP contribution in [0.1, 0.15) is 59.7 Å². The number of carboxylic acid groups (broad SMARTS) is 1. The summed E-state index contributed by atoms with van der Waals surface area (Å²) in [5.41, 5.74) is 2.38. The highest BCUT2D eigenvalue weighted by molar-refractivity contribution is 6.34. The number of hydrogen-bond donors (Lipinski definition) is 2. The average molecular weight is 535 g/mol. The van der Waals surface area contributed by atoms with Crippen LogP contribution in [0.4, 0.5) is 0 Å². The Kier molecular flexibility index (Phi) is 9.84. The van der Waals surface area contributed by atoms with Crippen molar-refractivity contribution < 1.29 is 19.4 Å². The monoisotopic (exact) mass is 533 g/mol. The smallest absolute Gasteiger partial charge is 0.305 e. The summed E-state index contributed by atoms with van der Waals surface area (Å²) in [4.78, 5) is 23.0. The summed E-state index contributed by atoms with van der Waals surface area (Å²) in [6.45, 7) is 2.17. The summed E-state index contributed by atoms with van der Waals surface area (Å²) in [6, 6.07) is 19.9. The van der Waals surface area contributed by atoms with Crippen molar-refractivity contribution in [2.24, 2.45) is 0 Å². The Labute approximate surface area is 220 Å². The Morgan fingerprint density at radius 3 is 2.17 bits per heavy atom. The summed E-state index contributed by atoms with van der Waals surface area (Å²) in [6.07, 6.45) is 1.20. The van der Waals surface area contributed by atoms with Crippen LogP contribution in [0, 0.1) is 0 Å². The first-order valence-electron chi connectivity index (χ1n) is 11.3. The van der Waals surface area contributed by atoms with Crippen molar-refractivity contribution in [3.05, 3.63) is 98.5 Å². The molecule has 3 aromatic rings. The van der Waals surface area contributed by atoms with E-state index in [0.717, 1.165) is 24.0 Å². The lowest BCUT2D eigenvalue weighted by molar-refractivity contribution is -0.136. The van der Waals surface area contributed by atoms with Crippen LogP contribution in [0.3, 0.4) is 0 Å². The normalized spacial score (nSPS) is 12.6. The molecule has 0 heterocycles. The molecule has 5 nitrogen and oxygen atoms in total. The highest BCUT2D eigenvalue weighted by atomic mass is 35.5. The molecule has 0 spiro atoms. The third-order valence-corrected chi connectivity index (χ3v) is 6.34. The Hall–Kier alpha value is -2.73. The second-order valence-electron chi connectivity index (χ2n) is 8.08. The molecule has 2 atom stereocenters. The van der Waals surface area contributed by atoms with Crippen LogP contribution in [0.15, 0.2) is 66.7 Å². The predicted molar refractivity (Wildman–Crippen MR) is 140 cm³/mol. The summed E-state index contributed by atoms with van der Waals surface area (Å²) in [7, 11) is 0. The first-order chi connectivity index (χ1) is 16.8. The molecule has 3 rings (SSSR count). The first kappa shape index (κ1) is 26.9. The van der Waals surface area contributed by atoms with Crippen LogP contribution in [-0.2, 0) is 4.79 Å². The third kappa shape index (κ3) is 7.63. The molecule has 3 aromatic carbocycles. The van der Waals surface area contributed by atoms with Gasteiger partial charge in [0, 0.05) is 34.1 Å². The van der Waals surface area contributed by atoms with Crippen LogP contribution < -0.4 is 10.1 Å². The Bertz CT molecular complexity index is 1150. The van der Waals surface area contributed by atoms with E-state index >= 15 is 0 Å². The SMILES string of the molecule is CCC[C@H](c1ccc(C(=O)NCCC(=O)O)cc1)[C@@H](Oc1cc(Cl)ccc1Cl)c1ccc(Cl)cc1. The minimum Gasteiger partial charge on any atom is -0.483 e. The fraction of sp³-hybridized carbons (Fsp3) is 0.259. The van der Waals surface area contributed by atoms with Gasteiger partial charge in [-0.05, 0) is 53.9 Å². The van der Waals surface area contributed by atoms with Crippen molar-refractivity contribution in [1.29, 1.82) is 0 Å². The van der Waals surface area contributed by atoms with Gasteiger partial charge in [0.25, 0.3) is 5.91 Å². The summed E-state index contributed by atoms with van der Waals surface area (Å²) >= 11 is 18.7. The highest BCUT2D eigenvalue weighted by Gasteiger charge is 2.27. The molecule has 35 heavy (non-hydrogen) atoms. The minimum atomic E-state index is -0.962. The molecule has 0 unspecified atom stereocenters. The number of ether oxygens (including phenoxy) is 1. The van der Waals surface area contributed by atoms with E-state index in [9.17, 15) is 9.59 Å². The zero-order valence-electron chi connectivity index (χ0n) is 19.1. The number of halogens is 3. The number of aliphatic carboxylic acids is 1. The number of benzene rings is 3. The maximum absolute atomic E-state index is 12.4. The molecular weight excluding hydrogens is 509 g/mol. The van der Waals surface area contributed by atoms with Gasteiger partial charge in [0.05, 0.1) is 11.4 Å². The van der Waals surface area contributed by atoms with Crippen molar-refractivity contribution in [1.82, 2.24) is 5.32 Å². The van der Waals surface area contributed by atoms with Crippen LogP contribution in [0.2, 0.25) is 15.1 Å². The van der Waals surface area contributed by atoms with Gasteiger partial charge in [-0.15, -0.1) is 0 Å². The zero-order valence-corrected chi connectivity index (χ0v) is 21.4. The van der Waals surface area contributed by atoms with Gasteiger partial charge in [0.15, 0.2) is 0 Å². The first-order valence-corrected chi connectivity index (χ1v) is 12.4. The number of hydrogen-bond acceptors (Lipinski definition) is 3. The molecule has 0 aliphatic carbocycles. The molecule has 0 aromatic heterocycles. The minimum absolute atomic E-state index is 0.0552. The molecule has 0 aliphatic rings. The van der Waals surface area contributed by atoms with Crippen molar-refractivity contribution in [2.75, 3.05) is 6.54 Å². The molecular formula is C27H26Cl3NO4. The number of carbonyl (C=O) groups excluding carboxylic acids is 1. The number of amides is 1. The van der Waals surface area contributed by atoms with E-state index in [2.05, 4.69) is 12.2 Å². The fourth-order valence-corrected chi connectivity index (χ4v) is 4.26. The van der Waals surface area contributed by atoms with Crippen molar-refractivity contribution in [3.8, 4) is 5.75 Å². The van der Waals surface area contributed by atoms with Gasteiger partial charge in [-0.1, -0.05) is 72.4 Å². The Balaban J connectivity index is 1.92. The zero-order chi connectivity index (χ0) is 25.4. The van der Waals surface area contributed by atoms with Gasteiger partial charge >= 0.3 is 5.97 Å². The Morgan fingerprint density at radius 2 is 1.54 bits per heavy atom. The van der Waals surface area contributed by atoms with Crippen LogP contribution in [-0.4, -0.2) is 23.5 Å². The topological polar surface area (TPSA) is 75.6 Å². The largest absolute Gasteiger partial charge is 0.483 e. The van der Waals surface area contributed by atoms with E-state index in [1.807, 2.05) is 36.4 Å². The lowest BCUT2D eigenvalue weighted by Gasteiger charge is -2.29. The number of carboxylic acids is 1. The van der Waals surface area contributed by atoms with E-state index in [1.54, 1.807) is 30.3 Å². The lowest BCUT2D eigenvalue weighted by atomic mass is 9.85. The second-order valence-corrected chi connectivity index (χ2v) is 9.36. The van der Waals surface area contributed by atoms with Gasteiger partial charge in [-0.3, -0.25) is 9.59 Å². The van der Waals surface area contributed by atoms with E-state index in [4.69, 9.17) is 44.6 Å². The molecule has 1 amide bonds. The fourth-order valence-electron chi connectivity index (χ4n) is 3.81. The van der Waals surface area contributed by atoms with Crippen molar-refractivity contribution in [3.63, 3.8) is 0 Å². The number of nitrogens with one attached hydrogen (secondary N) is 1. The number of rotatable bonds is 11. The summed E-state index contributed by atoms with van der Waals surface area (Å²) in [5, 5.41) is 13.0. The van der Waals surface area contributed by atoms with Gasteiger partial charge in [0.1, 0.15) is 11.9 Å². The van der Waals surface area contributed by atoms with Gasteiger partial charge in [0.2, 0.25) is 0 Å². The molecule has 0 fully saturated rings. The van der Waals surface area contributed by atoms with Crippen LogP contribution in [0.5, 0.6) is 5.75 Å². The van der Waals surface area contributed by atoms with Gasteiger partial charge < -0.3 is 15.2 Å².